The third kappa shape index (κ3) is 5.15. The average molecular weight is 460 g/mol. The fraction of sp³-hybridized carbons (Fsp3) is 0.375. The highest BCUT2D eigenvalue weighted by Crippen LogP contribution is 2.39. The molecule has 3 rings (SSSR count). The summed E-state index contributed by atoms with van der Waals surface area (Å²) in [6.45, 7) is 3.62. The van der Waals surface area contributed by atoms with Crippen molar-refractivity contribution in [3.05, 3.63) is 40.6 Å². The quantitative estimate of drug-likeness (QED) is 0.440. The molecule has 0 aliphatic rings. The summed E-state index contributed by atoms with van der Waals surface area (Å²) in [7, 11) is 4.44. The molecule has 0 amide bonds. The van der Waals surface area contributed by atoms with Crippen LogP contribution in [0.25, 0.3) is 22.3 Å². The van der Waals surface area contributed by atoms with Gasteiger partial charge in [-0.05, 0) is 24.1 Å². The fourth-order valence-corrected chi connectivity index (χ4v) is 3.22. The van der Waals surface area contributed by atoms with E-state index in [0.717, 1.165) is 0 Å². The Kier molecular flexibility index (Phi) is 7.67. The van der Waals surface area contributed by atoms with Crippen molar-refractivity contribution in [1.82, 2.24) is 0 Å². The van der Waals surface area contributed by atoms with Gasteiger partial charge >= 0.3 is 0 Å². The van der Waals surface area contributed by atoms with Gasteiger partial charge in [0, 0.05) is 17.7 Å². The molecule has 1 unspecified atom stereocenters. The first-order chi connectivity index (χ1) is 15.8. The molecule has 0 bridgehead atoms. The standard InChI is InChI=1S/C24H28O9/c1-13(2)12-31-24-22(27)21-18(30-5)9-15(32-20(26)11-25)10-19(21)33-23(24)14-6-7-16(28-3)17(8-14)29-4/h6-10,13,20,25-26H,11-12H2,1-5H3. The van der Waals surface area contributed by atoms with E-state index in [1.807, 2.05) is 13.8 Å². The van der Waals surface area contributed by atoms with E-state index >= 15 is 0 Å². The van der Waals surface area contributed by atoms with Crippen LogP contribution in [0.3, 0.4) is 0 Å². The molecule has 0 aliphatic carbocycles. The van der Waals surface area contributed by atoms with Crippen LogP contribution in [0.5, 0.6) is 28.7 Å². The average Bonchev–Trinajstić information content (AvgIpc) is 2.81. The third-order valence-electron chi connectivity index (χ3n) is 4.75. The predicted octanol–water partition coefficient (Wildman–Crippen LogP) is 3.21. The summed E-state index contributed by atoms with van der Waals surface area (Å²) in [5.74, 6) is 1.68. The third-order valence-corrected chi connectivity index (χ3v) is 4.75. The van der Waals surface area contributed by atoms with Crippen LogP contribution in [-0.2, 0) is 0 Å². The lowest BCUT2D eigenvalue weighted by molar-refractivity contribution is -0.0548. The second-order valence-electron chi connectivity index (χ2n) is 7.62. The van der Waals surface area contributed by atoms with Gasteiger partial charge < -0.3 is 38.3 Å². The van der Waals surface area contributed by atoms with Crippen LogP contribution in [-0.4, -0.2) is 51.0 Å². The topological polar surface area (TPSA) is 117 Å². The molecule has 33 heavy (non-hydrogen) atoms. The number of rotatable bonds is 10. The van der Waals surface area contributed by atoms with Crippen molar-refractivity contribution in [3.63, 3.8) is 0 Å². The normalized spacial score (nSPS) is 12.0. The molecule has 178 valence electrons. The summed E-state index contributed by atoms with van der Waals surface area (Å²) in [5.41, 5.74) is 0.264. The molecule has 9 heteroatoms. The van der Waals surface area contributed by atoms with E-state index in [1.54, 1.807) is 18.2 Å². The largest absolute Gasteiger partial charge is 0.496 e. The molecular weight excluding hydrogens is 432 g/mol. The van der Waals surface area contributed by atoms with E-state index in [2.05, 4.69) is 0 Å². The summed E-state index contributed by atoms with van der Waals surface area (Å²) in [6, 6.07) is 7.97. The lowest BCUT2D eigenvalue weighted by Crippen LogP contribution is -2.20. The van der Waals surface area contributed by atoms with Gasteiger partial charge in [0.1, 0.15) is 29.1 Å². The van der Waals surface area contributed by atoms with Gasteiger partial charge in [0.2, 0.25) is 17.5 Å². The Bertz CT molecular complexity index is 1170. The van der Waals surface area contributed by atoms with Gasteiger partial charge in [-0.15, -0.1) is 0 Å². The van der Waals surface area contributed by atoms with Crippen molar-refractivity contribution >= 4 is 11.0 Å². The van der Waals surface area contributed by atoms with E-state index in [4.69, 9.17) is 33.2 Å². The van der Waals surface area contributed by atoms with Crippen molar-refractivity contribution in [2.45, 2.75) is 20.1 Å². The maximum atomic E-state index is 13.5. The Morgan fingerprint density at radius 1 is 0.970 bits per heavy atom. The van der Waals surface area contributed by atoms with Crippen molar-refractivity contribution in [3.8, 4) is 40.1 Å². The van der Waals surface area contributed by atoms with Crippen LogP contribution in [0, 0.1) is 5.92 Å². The molecule has 1 aromatic heterocycles. The Balaban J connectivity index is 2.29. The number of aliphatic hydroxyl groups is 2. The molecule has 0 saturated carbocycles. The van der Waals surface area contributed by atoms with Crippen molar-refractivity contribution in [2.24, 2.45) is 5.92 Å². The van der Waals surface area contributed by atoms with Crippen LogP contribution >= 0.6 is 0 Å². The fourth-order valence-electron chi connectivity index (χ4n) is 3.22. The van der Waals surface area contributed by atoms with Gasteiger partial charge in [-0.2, -0.15) is 0 Å². The van der Waals surface area contributed by atoms with Crippen LogP contribution in [0.1, 0.15) is 13.8 Å². The molecule has 2 N–H and O–H groups in total. The summed E-state index contributed by atoms with van der Waals surface area (Å²) in [4.78, 5) is 13.5. The van der Waals surface area contributed by atoms with Gasteiger partial charge in [-0.1, -0.05) is 13.8 Å². The number of benzene rings is 2. The number of hydrogen-bond donors (Lipinski definition) is 2. The Morgan fingerprint density at radius 2 is 1.67 bits per heavy atom. The molecule has 0 radical (unpaired) electrons. The molecule has 9 nitrogen and oxygen atoms in total. The molecule has 0 aliphatic heterocycles. The molecule has 3 aromatic rings. The zero-order chi connectivity index (χ0) is 24.1. The number of methoxy groups -OCH3 is 3. The van der Waals surface area contributed by atoms with E-state index in [1.165, 1.54) is 33.5 Å². The Morgan fingerprint density at radius 3 is 2.27 bits per heavy atom. The molecule has 0 saturated heterocycles. The summed E-state index contributed by atoms with van der Waals surface area (Å²) in [5, 5.41) is 18.9. The maximum absolute atomic E-state index is 13.5. The van der Waals surface area contributed by atoms with E-state index in [0.29, 0.717) is 23.7 Å². The van der Waals surface area contributed by atoms with Crippen LogP contribution in [0.4, 0.5) is 0 Å². The highest BCUT2D eigenvalue weighted by molar-refractivity contribution is 5.88. The minimum absolute atomic E-state index is 0.0331. The SMILES string of the molecule is COc1ccc(-c2oc3cc(OC(O)CO)cc(OC)c3c(=O)c2OCC(C)C)cc1OC. The molecule has 0 fully saturated rings. The monoisotopic (exact) mass is 460 g/mol. The molecule has 1 heterocycles. The number of hydrogen-bond acceptors (Lipinski definition) is 9. The highest BCUT2D eigenvalue weighted by Gasteiger charge is 2.23. The van der Waals surface area contributed by atoms with E-state index in [-0.39, 0.29) is 39.9 Å². The number of fused-ring (bicyclic) bond motifs is 1. The lowest BCUT2D eigenvalue weighted by atomic mass is 10.1. The number of ether oxygens (including phenoxy) is 5. The van der Waals surface area contributed by atoms with Crippen LogP contribution in [0.2, 0.25) is 0 Å². The molecule has 1 atom stereocenters. The molecule has 2 aromatic carbocycles. The zero-order valence-corrected chi connectivity index (χ0v) is 19.2. The predicted molar refractivity (Wildman–Crippen MR) is 122 cm³/mol. The lowest BCUT2D eigenvalue weighted by Gasteiger charge is -2.17. The van der Waals surface area contributed by atoms with Crippen molar-refractivity contribution in [1.29, 1.82) is 0 Å². The first-order valence-electron chi connectivity index (χ1n) is 10.3. The second-order valence-corrected chi connectivity index (χ2v) is 7.62. The van der Waals surface area contributed by atoms with Gasteiger partial charge in [0.25, 0.3) is 0 Å². The smallest absolute Gasteiger partial charge is 0.239 e. The molecular formula is C24H28O9. The van der Waals surface area contributed by atoms with Gasteiger partial charge in [0.05, 0.1) is 27.9 Å². The summed E-state index contributed by atoms with van der Waals surface area (Å²) < 4.78 is 33.4. The van der Waals surface area contributed by atoms with Crippen molar-refractivity contribution in [2.75, 3.05) is 34.5 Å². The minimum Gasteiger partial charge on any atom is -0.496 e. The maximum Gasteiger partial charge on any atom is 0.239 e. The zero-order valence-electron chi connectivity index (χ0n) is 19.2. The summed E-state index contributed by atoms with van der Waals surface area (Å²) in [6.07, 6.45) is -1.45. The van der Waals surface area contributed by atoms with Crippen LogP contribution < -0.4 is 29.1 Å². The van der Waals surface area contributed by atoms with Gasteiger partial charge in [-0.25, -0.2) is 0 Å². The number of aliphatic hydroxyl groups excluding tert-OH is 2. The second kappa shape index (κ2) is 10.5. The van der Waals surface area contributed by atoms with E-state index < -0.39 is 18.3 Å². The van der Waals surface area contributed by atoms with E-state index in [9.17, 15) is 9.90 Å². The highest BCUT2D eigenvalue weighted by atomic mass is 16.6. The first-order valence-corrected chi connectivity index (χ1v) is 10.3. The minimum atomic E-state index is -1.45. The summed E-state index contributed by atoms with van der Waals surface area (Å²) >= 11 is 0. The van der Waals surface area contributed by atoms with Gasteiger partial charge in [0.15, 0.2) is 17.3 Å². The van der Waals surface area contributed by atoms with Crippen molar-refractivity contribution < 1.29 is 38.3 Å². The van der Waals surface area contributed by atoms with Crippen LogP contribution in [0.15, 0.2) is 39.5 Å². The first kappa shape index (κ1) is 24.2. The Hall–Kier alpha value is -3.43. The molecule has 0 spiro atoms. The van der Waals surface area contributed by atoms with Gasteiger partial charge in [-0.3, -0.25) is 4.79 Å². The Labute approximate surface area is 191 Å².